The van der Waals surface area contributed by atoms with Gasteiger partial charge in [-0.15, -0.1) is 0 Å². The summed E-state index contributed by atoms with van der Waals surface area (Å²) in [6.45, 7) is 0.454. The van der Waals surface area contributed by atoms with E-state index in [0.717, 1.165) is 6.07 Å². The molecule has 0 spiro atoms. The van der Waals surface area contributed by atoms with Crippen LogP contribution in [-0.4, -0.2) is 33.5 Å². The van der Waals surface area contributed by atoms with Gasteiger partial charge >= 0.3 is 12.6 Å². The second-order valence-corrected chi connectivity index (χ2v) is 7.71. The second-order valence-electron chi connectivity index (χ2n) is 7.71. The molecule has 0 unspecified atom stereocenters. The van der Waals surface area contributed by atoms with Crippen molar-refractivity contribution in [1.29, 1.82) is 0 Å². The fourth-order valence-corrected chi connectivity index (χ4v) is 3.81. The molecule has 0 radical (unpaired) electrons. The van der Waals surface area contributed by atoms with Crippen LogP contribution in [0.2, 0.25) is 0 Å². The highest BCUT2D eigenvalue weighted by Crippen LogP contribution is 2.48. The molecule has 0 amide bonds. The molecule has 172 valence electrons. The van der Waals surface area contributed by atoms with Crippen molar-refractivity contribution in [1.82, 2.24) is 4.57 Å². The van der Waals surface area contributed by atoms with Gasteiger partial charge in [-0.3, -0.25) is 9.36 Å². The molecule has 4 rings (SSSR count). The Labute approximate surface area is 186 Å². The molecule has 0 fully saturated rings. The molecular formula is C24H20F3NO5. The number of carboxylic acid groups (broad SMARTS) is 1. The molecule has 0 bridgehead atoms. The summed E-state index contributed by atoms with van der Waals surface area (Å²) in [6.07, 6.45) is 0.553. The monoisotopic (exact) mass is 459 g/mol. The van der Waals surface area contributed by atoms with Gasteiger partial charge in [0, 0.05) is 17.0 Å². The van der Waals surface area contributed by atoms with Gasteiger partial charge in [-0.25, -0.2) is 4.39 Å². The lowest BCUT2D eigenvalue weighted by Crippen LogP contribution is -2.07. The fraction of sp³-hybridized carbons (Fsp3) is 0.208. The molecule has 2 N–H and O–H groups in total. The molecule has 0 aliphatic rings. The number of carboxylic acids is 1. The number of aromatic nitrogens is 1. The normalized spacial score (nSPS) is 11.6. The maximum Gasteiger partial charge on any atom is 0.387 e. The minimum atomic E-state index is -3.12. The van der Waals surface area contributed by atoms with Crippen molar-refractivity contribution in [2.75, 3.05) is 0 Å². The number of hydrogen-bond acceptors (Lipinski definition) is 4. The summed E-state index contributed by atoms with van der Waals surface area (Å²) in [5.74, 6) is -2.21. The summed E-state index contributed by atoms with van der Waals surface area (Å²) in [5, 5.41) is 21.1. The van der Waals surface area contributed by atoms with Gasteiger partial charge in [-0.2, -0.15) is 8.78 Å². The smallest absolute Gasteiger partial charge is 0.387 e. The average Bonchev–Trinajstić information content (AvgIpc) is 3.08. The summed E-state index contributed by atoms with van der Waals surface area (Å²) in [4.78, 5) is 10.9. The molecule has 0 saturated heterocycles. The number of alkyl halides is 2. The number of nitrogens with zero attached hydrogens (tertiary/aromatic N) is 1. The van der Waals surface area contributed by atoms with Crippen LogP contribution in [0.5, 0.6) is 17.4 Å². The number of halogens is 3. The van der Waals surface area contributed by atoms with Crippen LogP contribution in [0.15, 0.2) is 48.7 Å². The summed E-state index contributed by atoms with van der Waals surface area (Å²) < 4.78 is 53.1. The van der Waals surface area contributed by atoms with Crippen molar-refractivity contribution in [3.8, 4) is 23.1 Å². The van der Waals surface area contributed by atoms with E-state index in [-0.39, 0.29) is 45.5 Å². The Hall–Kier alpha value is -3.88. The van der Waals surface area contributed by atoms with Crippen LogP contribution in [0.4, 0.5) is 13.2 Å². The zero-order valence-corrected chi connectivity index (χ0v) is 17.7. The first-order valence-electron chi connectivity index (χ1n) is 10.1. The Bertz CT molecular complexity index is 1360. The van der Waals surface area contributed by atoms with Gasteiger partial charge < -0.3 is 19.7 Å². The highest BCUT2D eigenvalue weighted by molar-refractivity contribution is 6.13. The Morgan fingerprint density at radius 3 is 2.27 bits per heavy atom. The van der Waals surface area contributed by atoms with Crippen LogP contribution in [0.25, 0.3) is 27.2 Å². The number of aromatic hydroxyl groups is 1. The average molecular weight is 459 g/mol. The summed E-state index contributed by atoms with van der Waals surface area (Å²) >= 11 is 0. The number of fused-ring (bicyclic) bond motifs is 2. The van der Waals surface area contributed by atoms with Gasteiger partial charge in [0.25, 0.3) is 0 Å². The highest BCUT2D eigenvalue weighted by atomic mass is 19.3. The summed E-state index contributed by atoms with van der Waals surface area (Å²) in [5.41, 5.74) is 0.136. The molecule has 9 heteroatoms. The summed E-state index contributed by atoms with van der Waals surface area (Å²) in [7, 11) is 0. The molecule has 0 saturated carbocycles. The molecule has 0 atom stereocenters. The maximum absolute atomic E-state index is 14.5. The zero-order valence-electron chi connectivity index (χ0n) is 17.7. The molecule has 3 aromatic carbocycles. The van der Waals surface area contributed by atoms with E-state index in [1.54, 1.807) is 38.1 Å². The lowest BCUT2D eigenvalue weighted by Gasteiger charge is -2.17. The largest absolute Gasteiger partial charge is 0.494 e. The Kier molecular flexibility index (Phi) is 5.80. The quantitative estimate of drug-likeness (QED) is 0.374. The number of rotatable bonds is 7. The van der Waals surface area contributed by atoms with E-state index in [1.807, 2.05) is 0 Å². The lowest BCUT2D eigenvalue weighted by molar-refractivity contribution is -0.136. The highest BCUT2D eigenvalue weighted by Gasteiger charge is 2.25. The molecule has 0 aliphatic heterocycles. The van der Waals surface area contributed by atoms with Gasteiger partial charge in [0.15, 0.2) is 0 Å². The lowest BCUT2D eigenvalue weighted by atomic mass is 10.0. The third-order valence-corrected chi connectivity index (χ3v) is 5.08. The molecule has 1 heterocycles. The van der Waals surface area contributed by atoms with Crippen LogP contribution < -0.4 is 9.47 Å². The first-order chi connectivity index (χ1) is 15.7. The third kappa shape index (κ3) is 4.13. The van der Waals surface area contributed by atoms with Crippen LogP contribution >= 0.6 is 0 Å². The van der Waals surface area contributed by atoms with E-state index in [1.165, 1.54) is 22.9 Å². The minimum absolute atomic E-state index is 0.0289. The molecule has 4 aromatic rings. The zero-order chi connectivity index (χ0) is 23.9. The molecule has 6 nitrogen and oxygen atoms in total. The third-order valence-electron chi connectivity index (χ3n) is 5.08. The van der Waals surface area contributed by atoms with Crippen molar-refractivity contribution < 1.29 is 37.7 Å². The first-order valence-corrected chi connectivity index (χ1v) is 10.1. The standard InChI is InChI=1S/C24H20F3NO5/c1-12(2)32-22-16-6-4-3-5-15(16)21(33-24(26)27)17-11-28(23(31)20(17)22)14-8-7-13(9-19(29)30)18(25)10-14/h3-8,10-12,24,31H,9H2,1-2H3,(H,29,30). The number of carbonyl (C=O) groups is 1. The van der Waals surface area contributed by atoms with E-state index >= 15 is 0 Å². The van der Waals surface area contributed by atoms with Gasteiger partial charge in [0.05, 0.1) is 29.0 Å². The van der Waals surface area contributed by atoms with E-state index in [2.05, 4.69) is 0 Å². The number of hydrogen-bond donors (Lipinski definition) is 2. The van der Waals surface area contributed by atoms with Gasteiger partial charge in [0.2, 0.25) is 5.88 Å². The fourth-order valence-electron chi connectivity index (χ4n) is 3.81. The Morgan fingerprint density at radius 2 is 1.70 bits per heavy atom. The van der Waals surface area contributed by atoms with Crippen molar-refractivity contribution in [3.05, 3.63) is 60.0 Å². The maximum atomic E-state index is 14.5. The summed E-state index contributed by atoms with van der Waals surface area (Å²) in [6, 6.07) is 10.4. The van der Waals surface area contributed by atoms with Crippen molar-refractivity contribution in [3.63, 3.8) is 0 Å². The topological polar surface area (TPSA) is 80.9 Å². The van der Waals surface area contributed by atoms with E-state index in [9.17, 15) is 23.1 Å². The number of ether oxygens (including phenoxy) is 2. The van der Waals surface area contributed by atoms with Gasteiger partial charge in [-0.05, 0) is 31.5 Å². The SMILES string of the molecule is CC(C)Oc1c2ccccc2c(OC(F)F)c2cn(-c3ccc(CC(=O)O)c(F)c3)c(O)c12. The van der Waals surface area contributed by atoms with Crippen molar-refractivity contribution >= 4 is 27.5 Å². The van der Waals surface area contributed by atoms with Gasteiger partial charge in [-0.1, -0.05) is 30.3 Å². The van der Waals surface area contributed by atoms with Crippen LogP contribution in [-0.2, 0) is 11.2 Å². The second kappa shape index (κ2) is 8.57. The van der Waals surface area contributed by atoms with Gasteiger partial charge in [0.1, 0.15) is 17.3 Å². The van der Waals surface area contributed by atoms with Crippen molar-refractivity contribution in [2.45, 2.75) is 33.0 Å². The first kappa shape index (κ1) is 22.3. The minimum Gasteiger partial charge on any atom is -0.494 e. The van der Waals surface area contributed by atoms with Crippen LogP contribution in [0, 0.1) is 5.82 Å². The van der Waals surface area contributed by atoms with E-state index in [4.69, 9.17) is 14.6 Å². The number of benzene rings is 3. The Morgan fingerprint density at radius 1 is 1.03 bits per heavy atom. The predicted octanol–water partition coefficient (Wildman–Crippen LogP) is 5.64. The molecule has 0 aliphatic carbocycles. The van der Waals surface area contributed by atoms with E-state index in [0.29, 0.717) is 10.8 Å². The molecule has 33 heavy (non-hydrogen) atoms. The molecule has 1 aromatic heterocycles. The van der Waals surface area contributed by atoms with E-state index < -0.39 is 24.8 Å². The van der Waals surface area contributed by atoms with Crippen molar-refractivity contribution in [2.24, 2.45) is 0 Å². The number of aliphatic carboxylic acids is 1. The van der Waals surface area contributed by atoms with Crippen LogP contribution in [0.1, 0.15) is 19.4 Å². The molecular weight excluding hydrogens is 439 g/mol. The van der Waals surface area contributed by atoms with Crippen LogP contribution in [0.3, 0.4) is 0 Å². The predicted molar refractivity (Wildman–Crippen MR) is 116 cm³/mol. The Balaban J connectivity index is 2.03.